The average Bonchev–Trinajstić information content (AvgIpc) is 3.32. The molecule has 1 fully saturated rings. The van der Waals surface area contributed by atoms with Crippen molar-refractivity contribution in [2.24, 2.45) is 0 Å². The Kier molecular flexibility index (Phi) is 6.53. The van der Waals surface area contributed by atoms with Crippen LogP contribution >= 0.6 is 11.6 Å². The summed E-state index contributed by atoms with van der Waals surface area (Å²) in [6.07, 6.45) is 2.01. The molecule has 33 heavy (non-hydrogen) atoms. The second kappa shape index (κ2) is 9.36. The molecule has 0 bridgehead atoms. The van der Waals surface area contributed by atoms with Crippen LogP contribution in [0.3, 0.4) is 0 Å². The molecule has 2 N–H and O–H groups in total. The summed E-state index contributed by atoms with van der Waals surface area (Å²) in [5.41, 5.74) is 1.15. The molecule has 1 amide bonds. The summed E-state index contributed by atoms with van der Waals surface area (Å²) in [5, 5.41) is 2.32. The predicted octanol–water partition coefficient (Wildman–Crippen LogP) is 5.27. The lowest BCUT2D eigenvalue weighted by atomic mass is 10.1. The molecule has 3 aromatic rings. The fourth-order valence-corrected chi connectivity index (χ4v) is 4.92. The topological polar surface area (TPSA) is 78.5 Å². The Balaban J connectivity index is 1.50. The maximum Gasteiger partial charge on any atom is 0.261 e. The van der Waals surface area contributed by atoms with Gasteiger partial charge in [-0.1, -0.05) is 17.7 Å². The number of anilines is 3. The molecule has 0 aromatic heterocycles. The third-order valence-corrected chi connectivity index (χ3v) is 6.95. The van der Waals surface area contributed by atoms with Crippen molar-refractivity contribution >= 4 is 44.6 Å². The zero-order chi connectivity index (χ0) is 23.6. The largest absolute Gasteiger partial charge is 0.370 e. The number of amides is 1. The highest BCUT2D eigenvalue weighted by molar-refractivity contribution is 7.92. The van der Waals surface area contributed by atoms with Gasteiger partial charge in [0.25, 0.3) is 15.9 Å². The van der Waals surface area contributed by atoms with Gasteiger partial charge in [-0.05, 0) is 67.4 Å². The van der Waals surface area contributed by atoms with Crippen LogP contribution in [0.5, 0.6) is 0 Å². The summed E-state index contributed by atoms with van der Waals surface area (Å²) in [6.45, 7) is 1.58. The number of hydrogen-bond donors (Lipinski definition) is 2. The van der Waals surface area contributed by atoms with Gasteiger partial charge in [0.05, 0.1) is 15.6 Å². The molecule has 3 aromatic carbocycles. The van der Waals surface area contributed by atoms with Gasteiger partial charge in [0.2, 0.25) is 0 Å². The van der Waals surface area contributed by atoms with Crippen LogP contribution in [0.15, 0.2) is 65.6 Å². The van der Waals surface area contributed by atoms with E-state index < -0.39 is 27.6 Å². The minimum absolute atomic E-state index is 0.113. The van der Waals surface area contributed by atoms with E-state index in [-0.39, 0.29) is 26.9 Å². The van der Waals surface area contributed by atoms with Gasteiger partial charge >= 0.3 is 0 Å². The summed E-state index contributed by atoms with van der Waals surface area (Å²) in [4.78, 5) is 14.6. The normalized spacial score (nSPS) is 13.7. The van der Waals surface area contributed by atoms with Crippen LogP contribution in [-0.4, -0.2) is 27.4 Å². The number of carbonyl (C=O) groups is 1. The first kappa shape index (κ1) is 23.0. The van der Waals surface area contributed by atoms with E-state index in [2.05, 4.69) is 10.0 Å². The molecule has 0 unspecified atom stereocenters. The first-order valence-corrected chi connectivity index (χ1v) is 12.0. The third-order valence-electron chi connectivity index (χ3n) is 5.28. The van der Waals surface area contributed by atoms with Crippen LogP contribution in [-0.2, 0) is 10.0 Å². The van der Waals surface area contributed by atoms with E-state index in [1.807, 2.05) is 4.90 Å². The maximum atomic E-state index is 14.5. The van der Waals surface area contributed by atoms with Crippen molar-refractivity contribution in [3.63, 3.8) is 0 Å². The Morgan fingerprint density at radius 1 is 0.939 bits per heavy atom. The fraction of sp³-hybridized carbons (Fsp3) is 0.174. The van der Waals surface area contributed by atoms with Crippen LogP contribution in [0.1, 0.15) is 23.2 Å². The highest BCUT2D eigenvalue weighted by Crippen LogP contribution is 2.31. The first-order valence-electron chi connectivity index (χ1n) is 10.2. The minimum Gasteiger partial charge on any atom is -0.370 e. The lowest BCUT2D eigenvalue weighted by Gasteiger charge is -2.22. The number of nitrogens with zero attached hydrogens (tertiary/aromatic N) is 1. The summed E-state index contributed by atoms with van der Waals surface area (Å²) in [7, 11) is -4.01. The van der Waals surface area contributed by atoms with E-state index >= 15 is 0 Å². The van der Waals surface area contributed by atoms with Gasteiger partial charge in [-0.15, -0.1) is 0 Å². The Hall–Kier alpha value is -3.17. The summed E-state index contributed by atoms with van der Waals surface area (Å²) in [5.74, 6) is -1.79. The molecule has 0 spiro atoms. The van der Waals surface area contributed by atoms with Crippen LogP contribution in [0.4, 0.5) is 25.8 Å². The number of sulfonamides is 1. The van der Waals surface area contributed by atoms with E-state index in [1.165, 1.54) is 30.3 Å². The van der Waals surface area contributed by atoms with Crippen molar-refractivity contribution in [1.29, 1.82) is 0 Å². The lowest BCUT2D eigenvalue weighted by molar-refractivity contribution is 0.102. The number of hydrogen-bond acceptors (Lipinski definition) is 4. The quantitative estimate of drug-likeness (QED) is 0.492. The second-order valence-corrected chi connectivity index (χ2v) is 9.63. The second-order valence-electron chi connectivity index (χ2n) is 7.54. The Labute approximate surface area is 195 Å². The van der Waals surface area contributed by atoms with Crippen molar-refractivity contribution in [3.8, 4) is 0 Å². The molecular weight excluding hydrogens is 472 g/mol. The predicted molar refractivity (Wildman–Crippen MR) is 124 cm³/mol. The standard InChI is InChI=1S/C23H20ClF2N3O3S/c24-18-14-17(10-11-19(18)25)33(31,32)28-16-8-6-15(7-9-16)23(30)27-22-20(26)4-3-5-21(22)29-12-1-2-13-29/h3-11,14,28H,1-2,12-13H2,(H,27,30). The summed E-state index contributed by atoms with van der Waals surface area (Å²) in [6, 6.07) is 13.4. The van der Waals surface area contributed by atoms with E-state index in [0.717, 1.165) is 44.1 Å². The molecular formula is C23H20ClF2N3O3S. The molecule has 1 heterocycles. The molecule has 1 saturated heterocycles. The number of nitrogens with one attached hydrogen (secondary N) is 2. The van der Waals surface area contributed by atoms with Gasteiger partial charge in [0, 0.05) is 24.3 Å². The van der Waals surface area contributed by atoms with Crippen LogP contribution in [0.25, 0.3) is 0 Å². The highest BCUT2D eigenvalue weighted by Gasteiger charge is 2.21. The van der Waals surface area contributed by atoms with Gasteiger partial charge in [0.1, 0.15) is 17.3 Å². The van der Waals surface area contributed by atoms with Crippen molar-refractivity contribution in [3.05, 3.63) is 82.9 Å². The van der Waals surface area contributed by atoms with Crippen molar-refractivity contribution in [2.75, 3.05) is 28.0 Å². The zero-order valence-electron chi connectivity index (χ0n) is 17.3. The zero-order valence-corrected chi connectivity index (χ0v) is 18.9. The first-order chi connectivity index (χ1) is 15.7. The van der Waals surface area contributed by atoms with Crippen LogP contribution in [0, 0.1) is 11.6 Å². The Morgan fingerprint density at radius 2 is 1.64 bits per heavy atom. The fourth-order valence-electron chi connectivity index (χ4n) is 3.59. The van der Waals surface area contributed by atoms with Crippen LogP contribution in [0.2, 0.25) is 5.02 Å². The molecule has 0 atom stereocenters. The molecule has 0 saturated carbocycles. The van der Waals surface area contributed by atoms with Gasteiger partial charge in [-0.2, -0.15) is 0 Å². The van der Waals surface area contributed by atoms with E-state index in [9.17, 15) is 22.0 Å². The summed E-state index contributed by atoms with van der Waals surface area (Å²) < 4.78 is 55.2. The molecule has 6 nitrogen and oxygen atoms in total. The van der Waals surface area contributed by atoms with Crippen molar-refractivity contribution in [2.45, 2.75) is 17.7 Å². The number of carbonyl (C=O) groups excluding carboxylic acids is 1. The average molecular weight is 492 g/mol. The summed E-state index contributed by atoms with van der Waals surface area (Å²) >= 11 is 5.67. The molecule has 10 heteroatoms. The molecule has 0 aliphatic carbocycles. The van der Waals surface area contributed by atoms with Gasteiger partial charge in [-0.25, -0.2) is 17.2 Å². The van der Waals surface area contributed by atoms with Gasteiger partial charge in [0.15, 0.2) is 0 Å². The van der Waals surface area contributed by atoms with Crippen molar-refractivity contribution < 1.29 is 22.0 Å². The number of para-hydroxylation sites is 1. The maximum absolute atomic E-state index is 14.5. The monoisotopic (exact) mass is 491 g/mol. The van der Waals surface area contributed by atoms with E-state index in [0.29, 0.717) is 5.69 Å². The number of halogens is 3. The third kappa shape index (κ3) is 5.09. The lowest BCUT2D eigenvalue weighted by Crippen LogP contribution is -2.22. The number of benzene rings is 3. The van der Waals surface area contributed by atoms with Crippen LogP contribution < -0.4 is 14.9 Å². The number of rotatable bonds is 6. The smallest absolute Gasteiger partial charge is 0.261 e. The van der Waals surface area contributed by atoms with Crippen molar-refractivity contribution in [1.82, 2.24) is 0 Å². The molecule has 1 aliphatic heterocycles. The SMILES string of the molecule is O=C(Nc1c(F)cccc1N1CCCC1)c1ccc(NS(=O)(=O)c2ccc(F)c(Cl)c2)cc1. The Bertz CT molecular complexity index is 1290. The molecule has 4 rings (SSSR count). The van der Waals surface area contributed by atoms with E-state index in [1.54, 1.807) is 12.1 Å². The van der Waals surface area contributed by atoms with E-state index in [4.69, 9.17) is 11.6 Å². The molecule has 172 valence electrons. The minimum atomic E-state index is -4.01. The molecule has 1 aliphatic rings. The Morgan fingerprint density at radius 3 is 2.30 bits per heavy atom. The highest BCUT2D eigenvalue weighted by atomic mass is 35.5. The van der Waals surface area contributed by atoms with Gasteiger partial charge < -0.3 is 10.2 Å². The molecule has 0 radical (unpaired) electrons. The van der Waals surface area contributed by atoms with Gasteiger partial charge in [-0.3, -0.25) is 9.52 Å².